The molecule has 0 unspecified atom stereocenters. The minimum absolute atomic E-state index is 0.381. The maximum Gasteiger partial charge on any atom is 0.248 e. The number of hydrogen-bond donors (Lipinski definition) is 1. The molecule has 0 amide bonds. The van der Waals surface area contributed by atoms with Gasteiger partial charge in [-0.25, -0.2) is 0 Å². The summed E-state index contributed by atoms with van der Waals surface area (Å²) in [5.41, 5.74) is -0.306. The van der Waals surface area contributed by atoms with E-state index in [0.29, 0.717) is 5.69 Å². The Morgan fingerprint density at radius 1 is 1.27 bits per heavy atom. The number of anilines is 1. The quantitative estimate of drug-likeness (QED) is 0.663. The molecule has 0 radical (unpaired) electrons. The van der Waals surface area contributed by atoms with Crippen LogP contribution in [-0.2, 0) is 0 Å². The van der Waals surface area contributed by atoms with E-state index in [4.69, 9.17) is 0 Å². The van der Waals surface area contributed by atoms with Crippen LogP contribution in [-0.4, -0.2) is 31.1 Å². The van der Waals surface area contributed by atoms with Gasteiger partial charge in [-0.05, 0) is 19.5 Å². The first-order valence-electron chi connectivity index (χ1n) is 5.45. The Balaban J connectivity index is 2.24. The summed E-state index contributed by atoms with van der Waals surface area (Å²) in [7, 11) is 0. The molecule has 0 spiro atoms. The maximum atomic E-state index is 10.9. The summed E-state index contributed by atoms with van der Waals surface area (Å²) < 4.78 is 0. The summed E-state index contributed by atoms with van der Waals surface area (Å²) in [6.45, 7) is 7.98. The highest BCUT2D eigenvalue weighted by Crippen LogP contribution is 1.95. The Hall–Kier alpha value is -1.16. The van der Waals surface area contributed by atoms with Gasteiger partial charge in [-0.3, -0.25) is 9.59 Å². The molecule has 15 heavy (non-hydrogen) atoms. The van der Waals surface area contributed by atoms with E-state index in [1.807, 2.05) is 0 Å². The van der Waals surface area contributed by atoms with Crippen molar-refractivity contribution in [1.29, 1.82) is 0 Å². The van der Waals surface area contributed by atoms with E-state index in [9.17, 15) is 9.59 Å². The van der Waals surface area contributed by atoms with Gasteiger partial charge in [-0.1, -0.05) is 13.8 Å². The predicted molar refractivity (Wildman–Crippen MR) is 62.2 cm³/mol. The van der Waals surface area contributed by atoms with Gasteiger partial charge in [0.25, 0.3) is 0 Å². The second-order valence-electron chi connectivity index (χ2n) is 3.61. The van der Waals surface area contributed by atoms with E-state index in [2.05, 4.69) is 24.1 Å². The first-order valence-corrected chi connectivity index (χ1v) is 5.45. The molecule has 1 N–H and O–H groups in total. The zero-order chi connectivity index (χ0) is 11.3. The highest BCUT2D eigenvalue weighted by atomic mass is 16.2. The SMILES string of the molecule is CCCN(CC)CCNc1cc(=O)c1=O. The molecular formula is C11H18N2O2. The third kappa shape index (κ3) is 3.16. The normalized spacial score (nSPS) is 11.1. The Kier molecular flexibility index (Phi) is 4.49. The molecule has 0 heterocycles. The first kappa shape index (κ1) is 11.9. The molecule has 1 aromatic carbocycles. The fraction of sp³-hybridized carbons (Fsp3) is 0.636. The van der Waals surface area contributed by atoms with E-state index in [1.165, 1.54) is 6.07 Å². The van der Waals surface area contributed by atoms with Gasteiger partial charge in [0.15, 0.2) is 0 Å². The zero-order valence-electron chi connectivity index (χ0n) is 9.38. The van der Waals surface area contributed by atoms with Gasteiger partial charge in [0, 0.05) is 19.2 Å². The molecule has 1 aromatic rings. The van der Waals surface area contributed by atoms with Gasteiger partial charge in [-0.15, -0.1) is 0 Å². The van der Waals surface area contributed by atoms with Crippen LogP contribution in [0.25, 0.3) is 0 Å². The van der Waals surface area contributed by atoms with Crippen molar-refractivity contribution in [2.75, 3.05) is 31.5 Å². The van der Waals surface area contributed by atoms with Gasteiger partial charge < -0.3 is 10.2 Å². The van der Waals surface area contributed by atoms with Gasteiger partial charge >= 0.3 is 0 Å². The van der Waals surface area contributed by atoms with Crippen LogP contribution in [0.2, 0.25) is 0 Å². The van der Waals surface area contributed by atoms with Crippen LogP contribution in [0.15, 0.2) is 15.7 Å². The van der Waals surface area contributed by atoms with Crippen molar-refractivity contribution in [3.05, 3.63) is 26.5 Å². The van der Waals surface area contributed by atoms with Crippen LogP contribution in [0.5, 0.6) is 0 Å². The van der Waals surface area contributed by atoms with E-state index < -0.39 is 5.43 Å². The summed E-state index contributed by atoms with van der Waals surface area (Å²) in [5, 5.41) is 2.97. The van der Waals surface area contributed by atoms with E-state index in [1.54, 1.807) is 0 Å². The average molecular weight is 210 g/mol. The van der Waals surface area contributed by atoms with Gasteiger partial charge in [0.2, 0.25) is 10.9 Å². The van der Waals surface area contributed by atoms with Crippen molar-refractivity contribution in [2.24, 2.45) is 0 Å². The number of rotatable bonds is 7. The number of nitrogens with one attached hydrogen (secondary N) is 1. The highest BCUT2D eigenvalue weighted by molar-refractivity contribution is 5.47. The molecule has 0 atom stereocenters. The van der Waals surface area contributed by atoms with Crippen LogP contribution >= 0.6 is 0 Å². The van der Waals surface area contributed by atoms with E-state index in [-0.39, 0.29) is 5.43 Å². The minimum atomic E-state index is -0.390. The Morgan fingerprint density at radius 3 is 2.47 bits per heavy atom. The molecule has 1 rings (SSSR count). The highest BCUT2D eigenvalue weighted by Gasteiger charge is 2.08. The maximum absolute atomic E-state index is 10.9. The molecule has 0 aliphatic carbocycles. The summed E-state index contributed by atoms with van der Waals surface area (Å²) in [6, 6.07) is 1.36. The number of likely N-dealkylation sites (N-methyl/N-ethyl adjacent to an activating group) is 1. The third-order valence-electron chi connectivity index (χ3n) is 2.47. The number of nitrogens with zero attached hydrogens (tertiary/aromatic N) is 1. The summed E-state index contributed by atoms with van der Waals surface area (Å²) >= 11 is 0. The summed E-state index contributed by atoms with van der Waals surface area (Å²) in [6.07, 6.45) is 1.13. The standard InChI is InChI=1S/C11H18N2O2/c1-3-6-13(4-2)7-5-12-9-8-10(14)11(9)15/h8,12H,3-7H2,1-2H3. The monoisotopic (exact) mass is 210 g/mol. The van der Waals surface area contributed by atoms with E-state index in [0.717, 1.165) is 32.6 Å². The molecule has 0 aliphatic heterocycles. The molecule has 0 aromatic heterocycles. The third-order valence-corrected chi connectivity index (χ3v) is 2.47. The van der Waals surface area contributed by atoms with E-state index >= 15 is 0 Å². The summed E-state index contributed by atoms with van der Waals surface area (Å²) in [5.74, 6) is 0. The lowest BCUT2D eigenvalue weighted by molar-refractivity contribution is 0.300. The van der Waals surface area contributed by atoms with Crippen molar-refractivity contribution in [3.63, 3.8) is 0 Å². The molecule has 0 saturated carbocycles. The van der Waals surface area contributed by atoms with Crippen LogP contribution in [0.1, 0.15) is 20.3 Å². The second-order valence-corrected chi connectivity index (χ2v) is 3.61. The second kappa shape index (κ2) is 5.66. The lowest BCUT2D eigenvalue weighted by Crippen LogP contribution is -2.35. The lowest BCUT2D eigenvalue weighted by atomic mass is 10.2. The van der Waals surface area contributed by atoms with Crippen LogP contribution in [0, 0.1) is 0 Å². The lowest BCUT2D eigenvalue weighted by Gasteiger charge is -2.19. The van der Waals surface area contributed by atoms with Crippen molar-refractivity contribution in [1.82, 2.24) is 4.90 Å². The molecule has 84 valence electrons. The van der Waals surface area contributed by atoms with Crippen LogP contribution < -0.4 is 16.2 Å². The predicted octanol–water partition coefficient (Wildman–Crippen LogP) is 0.426. The fourth-order valence-electron chi connectivity index (χ4n) is 1.54. The largest absolute Gasteiger partial charge is 0.380 e. The Morgan fingerprint density at radius 2 is 2.00 bits per heavy atom. The van der Waals surface area contributed by atoms with Crippen molar-refractivity contribution >= 4 is 5.69 Å². The molecule has 4 heteroatoms. The Bertz CT molecular complexity index is 366. The molecule has 0 bridgehead atoms. The molecule has 4 nitrogen and oxygen atoms in total. The van der Waals surface area contributed by atoms with Crippen molar-refractivity contribution < 1.29 is 0 Å². The topological polar surface area (TPSA) is 49.4 Å². The Labute approximate surface area is 89.6 Å². The van der Waals surface area contributed by atoms with Crippen LogP contribution in [0.4, 0.5) is 5.69 Å². The first-order chi connectivity index (χ1) is 7.19. The molecule has 0 aliphatic rings. The average Bonchev–Trinajstić information content (AvgIpc) is 2.26. The van der Waals surface area contributed by atoms with Crippen molar-refractivity contribution in [3.8, 4) is 0 Å². The smallest absolute Gasteiger partial charge is 0.248 e. The summed E-state index contributed by atoms with van der Waals surface area (Å²) in [4.78, 5) is 23.9. The molecular weight excluding hydrogens is 192 g/mol. The van der Waals surface area contributed by atoms with Crippen LogP contribution in [0.3, 0.4) is 0 Å². The van der Waals surface area contributed by atoms with Crippen molar-refractivity contribution in [2.45, 2.75) is 20.3 Å². The van der Waals surface area contributed by atoms with Gasteiger partial charge in [0.1, 0.15) is 0 Å². The number of hydrogen-bond acceptors (Lipinski definition) is 4. The zero-order valence-corrected chi connectivity index (χ0v) is 9.38. The minimum Gasteiger partial charge on any atom is -0.380 e. The molecule has 0 fully saturated rings. The fourth-order valence-corrected chi connectivity index (χ4v) is 1.54. The molecule has 0 saturated heterocycles. The van der Waals surface area contributed by atoms with Gasteiger partial charge in [-0.2, -0.15) is 0 Å². The van der Waals surface area contributed by atoms with Gasteiger partial charge in [0.05, 0.1) is 5.69 Å².